The molecule has 0 spiro atoms. The minimum atomic E-state index is -0.402. The molecule has 1 fully saturated rings. The molecule has 1 saturated heterocycles. The van der Waals surface area contributed by atoms with Crippen LogP contribution in [0.1, 0.15) is 23.3 Å². The number of halogens is 1. The van der Waals surface area contributed by atoms with E-state index < -0.39 is 6.03 Å². The van der Waals surface area contributed by atoms with E-state index in [1.165, 1.54) is 24.1 Å². The molecule has 3 amide bonds. The Kier molecular flexibility index (Phi) is 8.91. The van der Waals surface area contributed by atoms with Gasteiger partial charge in [0.15, 0.2) is 0 Å². The van der Waals surface area contributed by atoms with Crippen molar-refractivity contribution in [1.29, 1.82) is 0 Å². The van der Waals surface area contributed by atoms with E-state index in [2.05, 4.69) is 5.32 Å². The third kappa shape index (κ3) is 7.05. The number of thiophene rings is 1. The van der Waals surface area contributed by atoms with Crippen LogP contribution in [0.5, 0.6) is 5.75 Å². The lowest BCUT2D eigenvalue weighted by Gasteiger charge is -2.29. The van der Waals surface area contributed by atoms with E-state index in [1.54, 1.807) is 46.6 Å². The molecule has 0 radical (unpaired) electrons. The summed E-state index contributed by atoms with van der Waals surface area (Å²) in [5, 5.41) is 4.84. The standard InChI is InChI=1S/C27H30FN3O4S/c1-34-25-9-3-2-8-24(25)29-27(33)31(17-22-6-4-14-35-22)19-26(32)30(18-23-7-5-15-36-23)16-20-10-12-21(28)13-11-20/h2-3,5,7-13,15,22H,4,6,14,16-19H2,1H3,(H,29,33)/t22-/m1/s1. The van der Waals surface area contributed by atoms with Gasteiger partial charge in [-0.2, -0.15) is 0 Å². The first kappa shape index (κ1) is 25.7. The monoisotopic (exact) mass is 511 g/mol. The van der Waals surface area contributed by atoms with Gasteiger partial charge in [-0.3, -0.25) is 4.79 Å². The number of rotatable bonds is 10. The Morgan fingerprint density at radius 3 is 2.58 bits per heavy atom. The maximum atomic E-state index is 13.6. The first-order valence-corrected chi connectivity index (χ1v) is 12.7. The van der Waals surface area contributed by atoms with E-state index in [9.17, 15) is 14.0 Å². The maximum absolute atomic E-state index is 13.6. The van der Waals surface area contributed by atoms with Crippen LogP contribution in [0.25, 0.3) is 0 Å². The number of nitrogens with one attached hydrogen (secondary N) is 1. The van der Waals surface area contributed by atoms with Crippen molar-refractivity contribution < 1.29 is 23.5 Å². The van der Waals surface area contributed by atoms with Crippen LogP contribution in [0, 0.1) is 5.82 Å². The van der Waals surface area contributed by atoms with Gasteiger partial charge >= 0.3 is 6.03 Å². The molecule has 0 unspecified atom stereocenters. The highest BCUT2D eigenvalue weighted by Gasteiger charge is 2.27. The van der Waals surface area contributed by atoms with Gasteiger partial charge < -0.3 is 24.6 Å². The summed E-state index contributed by atoms with van der Waals surface area (Å²) in [6.07, 6.45) is 1.64. The Morgan fingerprint density at radius 2 is 1.89 bits per heavy atom. The van der Waals surface area contributed by atoms with E-state index in [4.69, 9.17) is 9.47 Å². The molecule has 3 aromatic rings. The number of urea groups is 1. The Bertz CT molecular complexity index is 1130. The molecule has 190 valence electrons. The van der Waals surface area contributed by atoms with Crippen molar-refractivity contribution in [2.75, 3.05) is 32.1 Å². The molecule has 2 aromatic carbocycles. The van der Waals surface area contributed by atoms with E-state index in [0.717, 1.165) is 23.3 Å². The number of ether oxygens (including phenoxy) is 2. The first-order chi connectivity index (χ1) is 17.5. The summed E-state index contributed by atoms with van der Waals surface area (Å²) in [4.78, 5) is 31.1. The average Bonchev–Trinajstić information content (AvgIpc) is 3.59. The average molecular weight is 512 g/mol. The minimum absolute atomic E-state index is 0.118. The summed E-state index contributed by atoms with van der Waals surface area (Å²) in [6, 6.07) is 16.7. The number of methoxy groups -OCH3 is 1. The van der Waals surface area contributed by atoms with Gasteiger partial charge in [0.25, 0.3) is 0 Å². The smallest absolute Gasteiger partial charge is 0.322 e. The second kappa shape index (κ2) is 12.5. The predicted octanol–water partition coefficient (Wildman–Crippen LogP) is 5.14. The molecular formula is C27H30FN3O4S. The Hall–Kier alpha value is -3.43. The van der Waals surface area contributed by atoms with E-state index >= 15 is 0 Å². The molecule has 1 aliphatic rings. The Balaban J connectivity index is 1.52. The van der Waals surface area contributed by atoms with Crippen molar-refractivity contribution in [3.63, 3.8) is 0 Å². The van der Waals surface area contributed by atoms with Crippen molar-refractivity contribution in [2.24, 2.45) is 0 Å². The molecule has 1 atom stereocenters. The number of anilines is 1. The highest BCUT2D eigenvalue weighted by Crippen LogP contribution is 2.24. The van der Waals surface area contributed by atoms with Crippen molar-refractivity contribution in [2.45, 2.75) is 32.0 Å². The Labute approximate surface area is 214 Å². The molecule has 1 aromatic heterocycles. The molecule has 0 aliphatic carbocycles. The first-order valence-electron chi connectivity index (χ1n) is 11.9. The highest BCUT2D eigenvalue weighted by molar-refractivity contribution is 7.09. The number of hydrogen-bond acceptors (Lipinski definition) is 5. The number of para-hydroxylation sites is 2. The zero-order chi connectivity index (χ0) is 25.3. The molecule has 1 aliphatic heterocycles. The van der Waals surface area contributed by atoms with E-state index in [-0.39, 0.29) is 24.4 Å². The van der Waals surface area contributed by atoms with Gasteiger partial charge in [0.05, 0.1) is 25.4 Å². The number of nitrogens with zero attached hydrogens (tertiary/aromatic N) is 2. The fourth-order valence-electron chi connectivity index (χ4n) is 4.09. The zero-order valence-corrected chi connectivity index (χ0v) is 21.0. The van der Waals surface area contributed by atoms with Gasteiger partial charge in [-0.05, 0) is 54.1 Å². The summed E-state index contributed by atoms with van der Waals surface area (Å²) >= 11 is 1.56. The SMILES string of the molecule is COc1ccccc1NC(=O)N(CC(=O)N(Cc1ccc(F)cc1)Cc1cccs1)C[C@H]1CCCO1. The zero-order valence-electron chi connectivity index (χ0n) is 20.2. The predicted molar refractivity (Wildman–Crippen MR) is 138 cm³/mol. The van der Waals surface area contributed by atoms with Gasteiger partial charge in [0, 0.05) is 24.6 Å². The molecule has 0 bridgehead atoms. The number of hydrogen-bond donors (Lipinski definition) is 1. The number of carbonyl (C=O) groups excluding carboxylic acids is 2. The topological polar surface area (TPSA) is 71.1 Å². The van der Waals surface area contributed by atoms with Gasteiger partial charge in [0.1, 0.15) is 18.1 Å². The minimum Gasteiger partial charge on any atom is -0.495 e. The largest absolute Gasteiger partial charge is 0.495 e. The molecule has 1 N–H and O–H groups in total. The quantitative estimate of drug-likeness (QED) is 0.409. The maximum Gasteiger partial charge on any atom is 0.322 e. The van der Waals surface area contributed by atoms with Gasteiger partial charge in [-0.15, -0.1) is 11.3 Å². The summed E-state index contributed by atoms with van der Waals surface area (Å²) in [7, 11) is 1.54. The van der Waals surface area contributed by atoms with Crippen molar-refractivity contribution in [3.8, 4) is 5.75 Å². The lowest BCUT2D eigenvalue weighted by atomic mass is 10.2. The van der Waals surface area contributed by atoms with Crippen LogP contribution in [0.2, 0.25) is 0 Å². The van der Waals surface area contributed by atoms with E-state index in [0.29, 0.717) is 37.7 Å². The lowest BCUT2D eigenvalue weighted by molar-refractivity contribution is -0.133. The molecular weight excluding hydrogens is 481 g/mol. The summed E-state index contributed by atoms with van der Waals surface area (Å²) in [6.45, 7) is 1.54. The van der Waals surface area contributed by atoms with Crippen LogP contribution in [-0.4, -0.2) is 54.6 Å². The summed E-state index contributed by atoms with van der Waals surface area (Å²) in [5.41, 5.74) is 1.34. The van der Waals surface area contributed by atoms with Crippen LogP contribution < -0.4 is 10.1 Å². The van der Waals surface area contributed by atoms with E-state index in [1.807, 2.05) is 23.6 Å². The highest BCUT2D eigenvalue weighted by atomic mass is 32.1. The lowest BCUT2D eigenvalue weighted by Crippen LogP contribution is -2.46. The molecule has 7 nitrogen and oxygen atoms in total. The second-order valence-corrected chi connectivity index (χ2v) is 9.63. The van der Waals surface area contributed by atoms with Gasteiger partial charge in [-0.25, -0.2) is 9.18 Å². The van der Waals surface area contributed by atoms with Crippen molar-refractivity contribution in [3.05, 3.63) is 82.3 Å². The number of carbonyl (C=O) groups is 2. The van der Waals surface area contributed by atoms with Crippen LogP contribution in [-0.2, 0) is 22.6 Å². The van der Waals surface area contributed by atoms with Gasteiger partial charge in [-0.1, -0.05) is 30.3 Å². The third-order valence-electron chi connectivity index (χ3n) is 5.98. The normalized spacial score (nSPS) is 14.9. The molecule has 0 saturated carbocycles. The summed E-state index contributed by atoms with van der Waals surface area (Å²) in [5.74, 6) is -0.00333. The van der Waals surface area contributed by atoms with Crippen LogP contribution in [0.4, 0.5) is 14.9 Å². The fourth-order valence-corrected chi connectivity index (χ4v) is 4.81. The molecule has 2 heterocycles. The van der Waals surface area contributed by atoms with Gasteiger partial charge in [0.2, 0.25) is 5.91 Å². The number of benzene rings is 2. The third-order valence-corrected chi connectivity index (χ3v) is 6.84. The van der Waals surface area contributed by atoms with Crippen LogP contribution in [0.15, 0.2) is 66.0 Å². The Morgan fingerprint density at radius 1 is 1.08 bits per heavy atom. The van der Waals surface area contributed by atoms with Crippen molar-refractivity contribution in [1.82, 2.24) is 9.80 Å². The molecule has 9 heteroatoms. The van der Waals surface area contributed by atoms with Crippen molar-refractivity contribution >= 4 is 29.0 Å². The summed E-state index contributed by atoms with van der Waals surface area (Å²) < 4.78 is 24.5. The number of amides is 3. The molecule has 36 heavy (non-hydrogen) atoms. The van der Waals surface area contributed by atoms with Crippen LogP contribution in [0.3, 0.4) is 0 Å². The fraction of sp³-hybridized carbons (Fsp3) is 0.333. The second-order valence-electron chi connectivity index (χ2n) is 8.60. The van der Waals surface area contributed by atoms with Crippen LogP contribution >= 0.6 is 11.3 Å². The molecule has 4 rings (SSSR count).